The molecule has 0 saturated carbocycles. The van der Waals surface area contributed by atoms with Crippen molar-refractivity contribution in [3.63, 3.8) is 0 Å². The highest BCUT2D eigenvalue weighted by atomic mass is 19.3. The molecular weight excluding hydrogens is 346 g/mol. The van der Waals surface area contributed by atoms with Crippen LogP contribution in [0.4, 0.5) is 20.2 Å². The van der Waals surface area contributed by atoms with E-state index in [2.05, 4.69) is 4.98 Å². The molecule has 0 N–H and O–H groups in total. The van der Waals surface area contributed by atoms with Gasteiger partial charge in [0.2, 0.25) is 0 Å². The van der Waals surface area contributed by atoms with Gasteiger partial charge in [-0.05, 0) is 12.1 Å². The molecule has 2 aromatic rings. The number of nitro benzene ring substituents is 1. The van der Waals surface area contributed by atoms with E-state index in [1.807, 2.05) is 15.9 Å². The smallest absolute Gasteiger partial charge is 0.319 e. The predicted molar refractivity (Wildman–Crippen MR) is 88.8 cm³/mol. The summed E-state index contributed by atoms with van der Waals surface area (Å²) in [7, 11) is 0. The van der Waals surface area contributed by atoms with Gasteiger partial charge >= 0.3 is 6.55 Å². The highest BCUT2D eigenvalue weighted by Gasteiger charge is 2.25. The summed E-state index contributed by atoms with van der Waals surface area (Å²) in [6, 6.07) is 6.29. The van der Waals surface area contributed by atoms with Crippen molar-refractivity contribution >= 4 is 11.4 Å². The lowest BCUT2D eigenvalue weighted by atomic mass is 10.1. The molecule has 0 radical (unpaired) electrons. The van der Waals surface area contributed by atoms with Crippen LogP contribution in [0.3, 0.4) is 0 Å². The number of benzene rings is 1. The second kappa shape index (κ2) is 7.45. The standard InChI is InChI=1S/C16H16F2N6O2/c17-16(18)23-4-3-20-15(23)11-21-5-7-22(8-6-21)13-2-1-12(10-19)9-14(13)24(25)26/h1-4,9,16H,5-8,11H2. The molecule has 1 fully saturated rings. The number of nitrogens with zero attached hydrogens (tertiary/aromatic N) is 6. The average molecular weight is 362 g/mol. The summed E-state index contributed by atoms with van der Waals surface area (Å²) in [5, 5.41) is 20.2. The number of piperazine rings is 1. The normalized spacial score (nSPS) is 15.2. The van der Waals surface area contributed by atoms with E-state index in [0.717, 1.165) is 4.57 Å². The number of halogens is 2. The lowest BCUT2D eigenvalue weighted by molar-refractivity contribution is -0.384. The van der Waals surface area contributed by atoms with Gasteiger partial charge in [0.25, 0.3) is 5.69 Å². The Kier molecular flexibility index (Phi) is 5.09. The van der Waals surface area contributed by atoms with Gasteiger partial charge in [-0.3, -0.25) is 19.6 Å². The van der Waals surface area contributed by atoms with Gasteiger partial charge in [-0.2, -0.15) is 14.0 Å². The van der Waals surface area contributed by atoms with Crippen molar-refractivity contribution in [2.45, 2.75) is 13.1 Å². The maximum absolute atomic E-state index is 12.9. The first-order valence-corrected chi connectivity index (χ1v) is 7.95. The zero-order chi connectivity index (χ0) is 18.7. The van der Waals surface area contributed by atoms with Crippen molar-refractivity contribution in [3.8, 4) is 6.07 Å². The van der Waals surface area contributed by atoms with Crippen LogP contribution in [-0.2, 0) is 6.54 Å². The van der Waals surface area contributed by atoms with Gasteiger partial charge < -0.3 is 4.90 Å². The number of imidazole rings is 1. The van der Waals surface area contributed by atoms with Crippen LogP contribution in [0.15, 0.2) is 30.6 Å². The first-order chi connectivity index (χ1) is 12.5. The largest absolute Gasteiger partial charge is 0.363 e. The Morgan fingerprint density at radius 3 is 2.65 bits per heavy atom. The van der Waals surface area contributed by atoms with E-state index < -0.39 is 11.5 Å². The van der Waals surface area contributed by atoms with E-state index in [-0.39, 0.29) is 17.1 Å². The Morgan fingerprint density at radius 2 is 2.04 bits per heavy atom. The second-order valence-corrected chi connectivity index (χ2v) is 5.86. The Hall–Kier alpha value is -3.06. The van der Waals surface area contributed by atoms with Crippen molar-refractivity contribution in [3.05, 3.63) is 52.1 Å². The molecule has 1 aliphatic heterocycles. The van der Waals surface area contributed by atoms with Crippen LogP contribution in [0, 0.1) is 21.4 Å². The molecule has 1 saturated heterocycles. The fraction of sp³-hybridized carbons (Fsp3) is 0.375. The minimum atomic E-state index is -2.63. The third-order valence-corrected chi connectivity index (χ3v) is 4.34. The first kappa shape index (κ1) is 17.8. The second-order valence-electron chi connectivity index (χ2n) is 5.86. The lowest BCUT2D eigenvalue weighted by Crippen LogP contribution is -2.46. The molecule has 0 unspecified atom stereocenters. The van der Waals surface area contributed by atoms with Gasteiger partial charge in [0, 0.05) is 44.6 Å². The maximum Gasteiger partial charge on any atom is 0.319 e. The monoisotopic (exact) mass is 362 g/mol. The average Bonchev–Trinajstić information content (AvgIpc) is 3.10. The van der Waals surface area contributed by atoms with Crippen molar-refractivity contribution in [2.24, 2.45) is 0 Å². The minimum Gasteiger partial charge on any atom is -0.363 e. The summed E-state index contributed by atoms with van der Waals surface area (Å²) in [5.41, 5.74) is 0.589. The van der Waals surface area contributed by atoms with E-state index in [0.29, 0.717) is 38.4 Å². The minimum absolute atomic E-state index is 0.106. The number of hydrogen-bond donors (Lipinski definition) is 0. The van der Waals surface area contributed by atoms with E-state index in [9.17, 15) is 18.9 Å². The third-order valence-electron chi connectivity index (χ3n) is 4.34. The molecule has 1 aromatic carbocycles. The summed E-state index contributed by atoms with van der Waals surface area (Å²) in [6.45, 7) is -0.180. The maximum atomic E-state index is 12.9. The van der Waals surface area contributed by atoms with Gasteiger partial charge in [0.15, 0.2) is 0 Å². The van der Waals surface area contributed by atoms with Gasteiger partial charge in [0.05, 0.1) is 23.1 Å². The number of rotatable bonds is 5. The molecule has 1 aliphatic rings. The number of alkyl halides is 2. The number of nitro groups is 1. The molecule has 8 nitrogen and oxygen atoms in total. The quantitative estimate of drug-likeness (QED) is 0.599. The number of hydrogen-bond acceptors (Lipinski definition) is 6. The van der Waals surface area contributed by atoms with Gasteiger partial charge in [-0.15, -0.1) is 0 Å². The summed E-state index contributed by atoms with van der Waals surface area (Å²) in [6.07, 6.45) is 2.59. The fourth-order valence-electron chi connectivity index (χ4n) is 3.00. The van der Waals surface area contributed by atoms with Crippen LogP contribution in [0.5, 0.6) is 0 Å². The molecule has 2 heterocycles. The topological polar surface area (TPSA) is 91.2 Å². The zero-order valence-corrected chi connectivity index (χ0v) is 13.8. The Bertz CT molecular complexity index is 840. The van der Waals surface area contributed by atoms with Crippen LogP contribution in [0.25, 0.3) is 0 Å². The van der Waals surface area contributed by atoms with Crippen LogP contribution < -0.4 is 4.90 Å². The molecule has 0 aliphatic carbocycles. The van der Waals surface area contributed by atoms with Crippen molar-refractivity contribution in [1.29, 1.82) is 5.26 Å². The van der Waals surface area contributed by atoms with Gasteiger partial charge in [-0.25, -0.2) is 4.98 Å². The van der Waals surface area contributed by atoms with Crippen LogP contribution in [-0.4, -0.2) is 45.6 Å². The van der Waals surface area contributed by atoms with E-state index >= 15 is 0 Å². The Balaban J connectivity index is 1.68. The SMILES string of the molecule is N#Cc1ccc(N2CCN(Cc3nccn3C(F)F)CC2)c([N+](=O)[O-])c1. The van der Waals surface area contributed by atoms with Crippen LogP contribution in [0.1, 0.15) is 17.9 Å². The molecule has 0 amide bonds. The summed E-state index contributed by atoms with van der Waals surface area (Å²) >= 11 is 0. The molecule has 3 rings (SSSR count). The number of aromatic nitrogens is 2. The number of anilines is 1. The highest BCUT2D eigenvalue weighted by molar-refractivity contribution is 5.65. The Labute approximate surface area is 148 Å². The van der Waals surface area contributed by atoms with Crippen LogP contribution >= 0.6 is 0 Å². The van der Waals surface area contributed by atoms with Gasteiger partial charge in [0.1, 0.15) is 11.5 Å². The molecule has 26 heavy (non-hydrogen) atoms. The van der Waals surface area contributed by atoms with Crippen molar-refractivity contribution in [2.75, 3.05) is 31.1 Å². The zero-order valence-electron chi connectivity index (χ0n) is 13.8. The fourth-order valence-corrected chi connectivity index (χ4v) is 3.00. The Morgan fingerprint density at radius 1 is 1.31 bits per heavy atom. The molecule has 0 spiro atoms. The van der Waals surface area contributed by atoms with Gasteiger partial charge in [-0.1, -0.05) is 0 Å². The van der Waals surface area contributed by atoms with E-state index in [4.69, 9.17) is 5.26 Å². The summed E-state index contributed by atoms with van der Waals surface area (Å²) in [5.74, 6) is 0.290. The third kappa shape index (κ3) is 3.62. The highest BCUT2D eigenvalue weighted by Crippen LogP contribution is 2.30. The molecule has 0 bridgehead atoms. The van der Waals surface area contributed by atoms with E-state index in [1.54, 1.807) is 12.1 Å². The molecule has 10 heteroatoms. The lowest BCUT2D eigenvalue weighted by Gasteiger charge is -2.35. The molecule has 136 valence electrons. The molecular formula is C16H16F2N6O2. The number of nitriles is 1. The summed E-state index contributed by atoms with van der Waals surface area (Å²) in [4.78, 5) is 18.6. The van der Waals surface area contributed by atoms with Crippen molar-refractivity contribution in [1.82, 2.24) is 14.5 Å². The van der Waals surface area contributed by atoms with E-state index in [1.165, 1.54) is 18.5 Å². The van der Waals surface area contributed by atoms with Crippen LogP contribution in [0.2, 0.25) is 0 Å². The molecule has 0 atom stereocenters. The summed E-state index contributed by atoms with van der Waals surface area (Å²) < 4.78 is 26.6. The first-order valence-electron chi connectivity index (χ1n) is 7.95. The molecule has 1 aromatic heterocycles. The van der Waals surface area contributed by atoms with Crippen molar-refractivity contribution < 1.29 is 13.7 Å². The predicted octanol–water partition coefficient (Wildman–Crippen LogP) is 2.38.